The third kappa shape index (κ3) is 4.55. The van der Waals surface area contributed by atoms with Crippen LogP contribution in [0, 0.1) is 17.2 Å². The Kier molecular flexibility index (Phi) is 5.86. The van der Waals surface area contributed by atoms with Crippen LogP contribution in [0.2, 0.25) is 0 Å². The number of benzene rings is 1. The Morgan fingerprint density at radius 1 is 1.27 bits per heavy atom. The number of nitrogens with zero attached hydrogens (tertiary/aromatic N) is 4. The zero-order valence-electron chi connectivity index (χ0n) is 18.6. The molecule has 2 fully saturated rings. The summed E-state index contributed by atoms with van der Waals surface area (Å²) in [5, 5.41) is 17.2. The van der Waals surface area contributed by atoms with E-state index in [4.69, 9.17) is 5.73 Å². The van der Waals surface area contributed by atoms with Gasteiger partial charge in [-0.05, 0) is 63.8 Å². The molecule has 0 unspecified atom stereocenters. The van der Waals surface area contributed by atoms with Crippen molar-refractivity contribution in [2.45, 2.75) is 63.3 Å². The van der Waals surface area contributed by atoms with Gasteiger partial charge in [0.15, 0.2) is 5.82 Å². The van der Waals surface area contributed by atoms with Crippen molar-refractivity contribution in [3.05, 3.63) is 41.6 Å². The number of aromatic nitrogens is 2. The lowest BCUT2D eigenvalue weighted by molar-refractivity contribution is -0.137. The van der Waals surface area contributed by atoms with Gasteiger partial charge >= 0.3 is 6.18 Å². The van der Waals surface area contributed by atoms with E-state index in [0.29, 0.717) is 11.7 Å². The van der Waals surface area contributed by atoms with Crippen LogP contribution in [-0.4, -0.2) is 38.7 Å². The SMILES string of the molecule is CC1(C)CCN1[C@H]1CC[C@H](n2cc(C(N)=O)c(Nc3ccc(C(F)(F)F)cc3)n2)[C@@H](C#N)C1. The Labute approximate surface area is 190 Å². The van der Waals surface area contributed by atoms with Gasteiger partial charge in [0.25, 0.3) is 5.91 Å². The molecular formula is C23H27F3N6O. The molecule has 1 amide bonds. The number of likely N-dealkylation sites (tertiary alicyclic amines) is 1. The Morgan fingerprint density at radius 2 is 1.97 bits per heavy atom. The third-order valence-electron chi connectivity index (χ3n) is 6.95. The van der Waals surface area contributed by atoms with Crippen molar-refractivity contribution in [3.8, 4) is 6.07 Å². The van der Waals surface area contributed by atoms with Crippen molar-refractivity contribution in [3.63, 3.8) is 0 Å². The summed E-state index contributed by atoms with van der Waals surface area (Å²) in [5.74, 6) is -0.829. The fourth-order valence-corrected chi connectivity index (χ4v) is 4.95. The molecule has 0 bridgehead atoms. The van der Waals surface area contributed by atoms with Gasteiger partial charge in [-0.1, -0.05) is 0 Å². The highest BCUT2D eigenvalue weighted by molar-refractivity contribution is 5.98. The first-order chi connectivity index (χ1) is 15.5. The van der Waals surface area contributed by atoms with Crippen molar-refractivity contribution in [1.29, 1.82) is 5.26 Å². The molecule has 33 heavy (non-hydrogen) atoms. The first-order valence-corrected chi connectivity index (χ1v) is 11.0. The number of anilines is 2. The van der Waals surface area contributed by atoms with Crippen LogP contribution < -0.4 is 11.1 Å². The predicted octanol–water partition coefficient (Wildman–Crippen LogP) is 4.46. The molecule has 4 rings (SSSR count). The number of carbonyl (C=O) groups excluding carboxylic acids is 1. The van der Waals surface area contributed by atoms with Crippen LogP contribution in [0.3, 0.4) is 0 Å². The van der Waals surface area contributed by atoms with Crippen LogP contribution in [0.25, 0.3) is 0 Å². The van der Waals surface area contributed by atoms with Crippen LogP contribution in [0.1, 0.15) is 61.5 Å². The largest absolute Gasteiger partial charge is 0.416 e. The van der Waals surface area contributed by atoms with E-state index in [0.717, 1.165) is 44.4 Å². The van der Waals surface area contributed by atoms with Gasteiger partial charge < -0.3 is 11.1 Å². The molecule has 3 N–H and O–H groups in total. The summed E-state index contributed by atoms with van der Waals surface area (Å²) in [6.07, 6.45) is 0.601. The van der Waals surface area contributed by atoms with Crippen LogP contribution >= 0.6 is 0 Å². The number of nitrogens with one attached hydrogen (secondary N) is 1. The zero-order chi connectivity index (χ0) is 24.0. The average Bonchev–Trinajstić information content (AvgIpc) is 3.16. The van der Waals surface area contributed by atoms with Gasteiger partial charge in [0, 0.05) is 30.0 Å². The summed E-state index contributed by atoms with van der Waals surface area (Å²) < 4.78 is 40.1. The minimum Gasteiger partial charge on any atom is -0.365 e. The lowest BCUT2D eigenvalue weighted by Crippen LogP contribution is -2.61. The second-order valence-electron chi connectivity index (χ2n) is 9.46. The molecule has 0 radical (unpaired) electrons. The average molecular weight is 461 g/mol. The van der Waals surface area contributed by atoms with E-state index < -0.39 is 17.6 Å². The molecule has 10 heteroatoms. The molecule has 1 aromatic heterocycles. The number of primary amides is 1. The van der Waals surface area contributed by atoms with Gasteiger partial charge in [-0.3, -0.25) is 14.4 Å². The van der Waals surface area contributed by atoms with Gasteiger partial charge in [-0.25, -0.2) is 0 Å². The highest BCUT2D eigenvalue weighted by Gasteiger charge is 2.44. The van der Waals surface area contributed by atoms with Gasteiger partial charge in [0.2, 0.25) is 0 Å². The quantitative estimate of drug-likeness (QED) is 0.686. The summed E-state index contributed by atoms with van der Waals surface area (Å²) in [6, 6.07) is 6.98. The zero-order valence-corrected chi connectivity index (χ0v) is 18.6. The highest BCUT2D eigenvalue weighted by atomic mass is 19.4. The number of halogens is 3. The second-order valence-corrected chi connectivity index (χ2v) is 9.46. The minimum absolute atomic E-state index is 0.123. The summed E-state index contributed by atoms with van der Waals surface area (Å²) >= 11 is 0. The molecule has 7 nitrogen and oxygen atoms in total. The lowest BCUT2D eigenvalue weighted by atomic mass is 9.77. The van der Waals surface area contributed by atoms with E-state index >= 15 is 0 Å². The van der Waals surface area contributed by atoms with Crippen LogP contribution in [0.15, 0.2) is 30.5 Å². The molecule has 2 heterocycles. The van der Waals surface area contributed by atoms with Crippen molar-refractivity contribution in [2.24, 2.45) is 11.7 Å². The van der Waals surface area contributed by atoms with Crippen molar-refractivity contribution in [1.82, 2.24) is 14.7 Å². The Bertz CT molecular complexity index is 1070. The van der Waals surface area contributed by atoms with Gasteiger partial charge in [-0.2, -0.15) is 23.5 Å². The first-order valence-electron chi connectivity index (χ1n) is 11.0. The second kappa shape index (κ2) is 8.37. The van der Waals surface area contributed by atoms with Crippen LogP contribution in [0.4, 0.5) is 24.7 Å². The molecule has 1 aliphatic heterocycles. The molecule has 1 saturated heterocycles. The molecule has 1 saturated carbocycles. The number of nitrogens with two attached hydrogens (primary N) is 1. The van der Waals surface area contributed by atoms with E-state index in [-0.39, 0.29) is 28.9 Å². The summed E-state index contributed by atoms with van der Waals surface area (Å²) in [7, 11) is 0. The first kappa shape index (κ1) is 23.1. The Balaban J connectivity index is 1.54. The summed E-state index contributed by atoms with van der Waals surface area (Å²) in [5.41, 5.74) is 5.37. The van der Waals surface area contributed by atoms with E-state index in [1.807, 2.05) is 0 Å². The third-order valence-corrected chi connectivity index (χ3v) is 6.95. The number of hydrogen-bond acceptors (Lipinski definition) is 5. The lowest BCUT2D eigenvalue weighted by Gasteiger charge is -2.54. The van der Waals surface area contributed by atoms with Crippen molar-refractivity contribution >= 4 is 17.4 Å². The number of carbonyl (C=O) groups is 1. The molecule has 3 atom stereocenters. The summed E-state index contributed by atoms with van der Waals surface area (Å²) in [4.78, 5) is 14.5. The minimum atomic E-state index is -4.44. The monoisotopic (exact) mass is 460 g/mol. The topological polar surface area (TPSA) is 100.0 Å². The summed E-state index contributed by atoms with van der Waals surface area (Å²) in [6.45, 7) is 5.47. The number of amides is 1. The molecule has 0 spiro atoms. The fourth-order valence-electron chi connectivity index (χ4n) is 4.95. The molecule has 176 valence electrons. The molecule has 2 aromatic rings. The van der Waals surface area contributed by atoms with E-state index in [1.54, 1.807) is 4.68 Å². The van der Waals surface area contributed by atoms with E-state index in [1.165, 1.54) is 18.3 Å². The smallest absolute Gasteiger partial charge is 0.365 e. The maximum Gasteiger partial charge on any atom is 0.416 e. The van der Waals surface area contributed by atoms with Gasteiger partial charge in [0.05, 0.1) is 23.6 Å². The molecular weight excluding hydrogens is 433 g/mol. The fraction of sp³-hybridized carbons (Fsp3) is 0.522. The highest BCUT2D eigenvalue weighted by Crippen LogP contribution is 2.42. The number of alkyl halides is 3. The van der Waals surface area contributed by atoms with Crippen molar-refractivity contribution < 1.29 is 18.0 Å². The molecule has 2 aliphatic rings. The molecule has 1 aliphatic carbocycles. The predicted molar refractivity (Wildman–Crippen MR) is 117 cm³/mol. The van der Waals surface area contributed by atoms with E-state index in [9.17, 15) is 23.2 Å². The van der Waals surface area contributed by atoms with Crippen LogP contribution in [-0.2, 0) is 6.18 Å². The maximum atomic E-state index is 12.8. The van der Waals surface area contributed by atoms with Crippen molar-refractivity contribution in [2.75, 3.05) is 11.9 Å². The number of rotatable bonds is 5. The van der Waals surface area contributed by atoms with Crippen LogP contribution in [0.5, 0.6) is 0 Å². The maximum absolute atomic E-state index is 12.8. The standard InChI is InChI=1S/C23H27F3N6O/c1-22(2)9-10-31(22)17-7-8-19(14(11-17)12-27)32-13-18(20(28)33)21(30-32)29-16-5-3-15(4-6-16)23(24,25)26/h3-6,13-14,17,19H,7-11H2,1-2H3,(H2,28,33)(H,29,30)/t14-,17+,19+/m1/s1. The number of nitriles is 1. The normalized spacial score (nSPS) is 25.2. The molecule has 1 aromatic carbocycles. The van der Waals surface area contributed by atoms with E-state index in [2.05, 4.69) is 35.2 Å². The Morgan fingerprint density at radius 3 is 2.48 bits per heavy atom. The van der Waals surface area contributed by atoms with Gasteiger partial charge in [0.1, 0.15) is 5.56 Å². The van der Waals surface area contributed by atoms with Gasteiger partial charge in [-0.15, -0.1) is 0 Å². The Hall–Kier alpha value is -3.06. The number of hydrogen-bond donors (Lipinski definition) is 2.